The lowest BCUT2D eigenvalue weighted by Gasteiger charge is -2.51. The minimum atomic E-state index is -2.60. The Bertz CT molecular complexity index is 785. The second-order valence-electron chi connectivity index (χ2n) is 7.79. The fraction of sp³-hybridized carbons (Fsp3) is 0.579. The summed E-state index contributed by atoms with van der Waals surface area (Å²) in [5.74, 6) is -0.519. The van der Waals surface area contributed by atoms with Gasteiger partial charge >= 0.3 is 6.09 Å². The molecular weight excluding hydrogens is 388 g/mol. The molecule has 1 aromatic rings. The minimum absolute atomic E-state index is 0.00690. The Hall–Kier alpha value is -2.78. The number of aromatic nitrogens is 1. The number of halogens is 2. The zero-order valence-corrected chi connectivity index (χ0v) is 15.7. The summed E-state index contributed by atoms with van der Waals surface area (Å²) in [6.45, 7) is 0.957. The number of carbonyl (C=O) groups is 3. The van der Waals surface area contributed by atoms with E-state index in [-0.39, 0.29) is 30.1 Å². The molecule has 0 unspecified atom stereocenters. The Morgan fingerprint density at radius 1 is 1.14 bits per heavy atom. The van der Waals surface area contributed by atoms with Gasteiger partial charge < -0.3 is 14.5 Å². The molecule has 3 fully saturated rings. The Morgan fingerprint density at radius 2 is 1.79 bits per heavy atom. The van der Waals surface area contributed by atoms with E-state index < -0.39 is 24.3 Å². The number of hydroxylamine groups is 2. The molecule has 29 heavy (non-hydrogen) atoms. The van der Waals surface area contributed by atoms with Crippen molar-refractivity contribution in [1.29, 1.82) is 0 Å². The van der Waals surface area contributed by atoms with Gasteiger partial charge in [-0.25, -0.2) is 13.6 Å². The van der Waals surface area contributed by atoms with Crippen LogP contribution in [0.25, 0.3) is 0 Å². The SMILES string of the molecule is O=C(ON1C(=O)CCC1=O)N1CCC2(CC1)CC(Oc1ccc(C(F)F)nc1)C2. The molecule has 1 spiro atoms. The summed E-state index contributed by atoms with van der Waals surface area (Å²) in [6, 6.07) is 2.76. The van der Waals surface area contributed by atoms with Gasteiger partial charge in [0.1, 0.15) is 11.4 Å². The van der Waals surface area contributed by atoms with E-state index in [0.717, 1.165) is 25.7 Å². The van der Waals surface area contributed by atoms with E-state index >= 15 is 0 Å². The molecule has 1 aliphatic carbocycles. The summed E-state index contributed by atoms with van der Waals surface area (Å²) >= 11 is 0. The molecule has 1 aromatic heterocycles. The van der Waals surface area contributed by atoms with Crippen molar-refractivity contribution in [3.8, 4) is 5.75 Å². The maximum atomic E-state index is 12.5. The first-order chi connectivity index (χ1) is 13.8. The molecule has 8 nitrogen and oxygen atoms in total. The molecule has 4 rings (SSSR count). The number of alkyl halides is 2. The summed E-state index contributed by atoms with van der Waals surface area (Å²) in [5, 5.41) is 0.563. The second kappa shape index (κ2) is 7.57. The maximum absolute atomic E-state index is 12.5. The van der Waals surface area contributed by atoms with E-state index in [0.29, 0.717) is 23.9 Å². The Balaban J connectivity index is 1.23. The van der Waals surface area contributed by atoms with Gasteiger partial charge in [0, 0.05) is 25.9 Å². The summed E-state index contributed by atoms with van der Waals surface area (Å²) in [4.78, 5) is 45.5. The van der Waals surface area contributed by atoms with Gasteiger partial charge in [0.25, 0.3) is 18.2 Å². The smallest absolute Gasteiger partial charge is 0.434 e. The normalized spacial score (nSPS) is 21.6. The van der Waals surface area contributed by atoms with Crippen molar-refractivity contribution in [2.45, 2.75) is 51.1 Å². The average Bonchev–Trinajstić information content (AvgIpc) is 2.99. The molecule has 10 heteroatoms. The topological polar surface area (TPSA) is 89.0 Å². The van der Waals surface area contributed by atoms with Crippen LogP contribution in [0, 0.1) is 5.41 Å². The number of rotatable bonds is 4. The van der Waals surface area contributed by atoms with E-state index in [1.54, 1.807) is 0 Å². The monoisotopic (exact) mass is 409 g/mol. The molecule has 2 aliphatic heterocycles. The summed E-state index contributed by atoms with van der Waals surface area (Å²) in [7, 11) is 0. The van der Waals surface area contributed by atoms with E-state index in [4.69, 9.17) is 9.57 Å². The fourth-order valence-corrected chi connectivity index (χ4v) is 4.14. The lowest BCUT2D eigenvalue weighted by molar-refractivity contribution is -0.174. The van der Waals surface area contributed by atoms with Crippen molar-refractivity contribution in [3.05, 3.63) is 24.0 Å². The van der Waals surface area contributed by atoms with E-state index in [2.05, 4.69) is 4.98 Å². The van der Waals surface area contributed by atoms with Crippen LogP contribution in [0.4, 0.5) is 13.6 Å². The Kier molecular flexibility index (Phi) is 5.10. The van der Waals surface area contributed by atoms with Gasteiger partial charge in [0.15, 0.2) is 0 Å². The lowest BCUT2D eigenvalue weighted by Crippen LogP contribution is -2.52. The molecule has 2 saturated heterocycles. The molecule has 0 radical (unpaired) electrons. The average molecular weight is 409 g/mol. The van der Waals surface area contributed by atoms with Gasteiger partial charge in [-0.05, 0) is 43.2 Å². The number of imide groups is 1. The largest absolute Gasteiger partial charge is 0.489 e. The van der Waals surface area contributed by atoms with Gasteiger partial charge in [-0.15, -0.1) is 5.06 Å². The highest BCUT2D eigenvalue weighted by Gasteiger charge is 2.48. The highest BCUT2D eigenvalue weighted by molar-refractivity contribution is 6.01. The van der Waals surface area contributed by atoms with Crippen molar-refractivity contribution >= 4 is 17.9 Å². The van der Waals surface area contributed by atoms with Crippen LogP contribution in [0.5, 0.6) is 5.75 Å². The number of hydrogen-bond acceptors (Lipinski definition) is 6. The van der Waals surface area contributed by atoms with Gasteiger partial charge in [0.05, 0.1) is 12.3 Å². The van der Waals surface area contributed by atoms with Crippen molar-refractivity contribution in [1.82, 2.24) is 14.9 Å². The predicted octanol–water partition coefficient (Wildman–Crippen LogP) is 2.84. The van der Waals surface area contributed by atoms with Gasteiger partial charge in [-0.1, -0.05) is 0 Å². The number of pyridine rings is 1. The first-order valence-electron chi connectivity index (χ1n) is 9.59. The third-order valence-corrected chi connectivity index (χ3v) is 5.86. The molecule has 0 atom stereocenters. The van der Waals surface area contributed by atoms with Gasteiger partial charge in [-0.2, -0.15) is 0 Å². The number of amides is 3. The highest BCUT2D eigenvalue weighted by atomic mass is 19.3. The van der Waals surface area contributed by atoms with Crippen LogP contribution in [0.15, 0.2) is 18.3 Å². The number of likely N-dealkylation sites (tertiary alicyclic amines) is 1. The number of piperidine rings is 1. The van der Waals surface area contributed by atoms with E-state index in [1.165, 1.54) is 23.2 Å². The second-order valence-corrected chi connectivity index (χ2v) is 7.79. The predicted molar refractivity (Wildman–Crippen MR) is 93.7 cm³/mol. The fourth-order valence-electron chi connectivity index (χ4n) is 4.14. The molecule has 0 N–H and O–H groups in total. The summed E-state index contributed by atoms with van der Waals surface area (Å²) < 4.78 is 30.9. The summed E-state index contributed by atoms with van der Waals surface area (Å²) in [6.07, 6.45) is 1.33. The number of carbonyl (C=O) groups excluding carboxylic acids is 3. The lowest BCUT2D eigenvalue weighted by atomic mass is 9.61. The molecule has 1 saturated carbocycles. The third kappa shape index (κ3) is 4.01. The number of hydrogen-bond donors (Lipinski definition) is 0. The highest BCUT2D eigenvalue weighted by Crippen LogP contribution is 2.50. The van der Waals surface area contributed by atoms with E-state index in [9.17, 15) is 23.2 Å². The van der Waals surface area contributed by atoms with Crippen LogP contribution in [-0.2, 0) is 14.4 Å². The van der Waals surface area contributed by atoms with Crippen LogP contribution < -0.4 is 4.74 Å². The molecular formula is C19H21F2N3O5. The standard InChI is InChI=1S/C19H21F2N3O5/c20-17(21)14-2-1-12(11-22-14)28-13-9-19(10-13)5-7-23(8-6-19)18(27)29-24-15(25)3-4-16(24)26/h1-2,11,13,17H,3-10H2. The van der Waals surface area contributed by atoms with Crippen molar-refractivity contribution < 1.29 is 32.7 Å². The Morgan fingerprint density at radius 3 is 2.34 bits per heavy atom. The zero-order valence-electron chi connectivity index (χ0n) is 15.7. The van der Waals surface area contributed by atoms with Crippen LogP contribution in [-0.4, -0.2) is 52.0 Å². The van der Waals surface area contributed by atoms with Crippen LogP contribution in [0.3, 0.4) is 0 Å². The number of nitrogens with zero attached hydrogens (tertiary/aromatic N) is 3. The van der Waals surface area contributed by atoms with Crippen LogP contribution in [0.2, 0.25) is 0 Å². The molecule has 3 amide bonds. The molecule has 3 aliphatic rings. The molecule has 3 heterocycles. The minimum Gasteiger partial charge on any atom is -0.489 e. The van der Waals surface area contributed by atoms with Crippen molar-refractivity contribution in [2.75, 3.05) is 13.1 Å². The Labute approximate surface area is 165 Å². The van der Waals surface area contributed by atoms with Gasteiger partial charge in [0.2, 0.25) is 0 Å². The van der Waals surface area contributed by atoms with Crippen LogP contribution in [0.1, 0.15) is 50.6 Å². The zero-order chi connectivity index (χ0) is 20.6. The van der Waals surface area contributed by atoms with Crippen LogP contribution >= 0.6 is 0 Å². The first-order valence-corrected chi connectivity index (χ1v) is 9.59. The quantitative estimate of drug-likeness (QED) is 0.711. The molecule has 156 valence electrons. The first kappa shape index (κ1) is 19.5. The van der Waals surface area contributed by atoms with E-state index in [1.807, 2.05) is 0 Å². The molecule has 0 aromatic carbocycles. The third-order valence-electron chi connectivity index (χ3n) is 5.86. The van der Waals surface area contributed by atoms with Crippen molar-refractivity contribution in [2.24, 2.45) is 5.41 Å². The van der Waals surface area contributed by atoms with Crippen molar-refractivity contribution in [3.63, 3.8) is 0 Å². The maximum Gasteiger partial charge on any atom is 0.434 e. The molecule has 0 bridgehead atoms. The summed E-state index contributed by atoms with van der Waals surface area (Å²) in [5.41, 5.74) is -0.198. The van der Waals surface area contributed by atoms with Gasteiger partial charge in [-0.3, -0.25) is 14.6 Å². The number of ether oxygens (including phenoxy) is 1.